The van der Waals surface area contributed by atoms with Crippen molar-refractivity contribution in [1.29, 1.82) is 0 Å². The van der Waals surface area contributed by atoms with Crippen LogP contribution in [0.25, 0.3) is 11.1 Å². The molecule has 7 heteroatoms. The van der Waals surface area contributed by atoms with E-state index < -0.39 is 19.7 Å². The molecule has 0 radical (unpaired) electrons. The Kier molecular flexibility index (Phi) is 6.80. The quantitative estimate of drug-likeness (QED) is 0.337. The maximum atomic E-state index is 13.2. The van der Waals surface area contributed by atoms with E-state index >= 15 is 0 Å². The minimum absolute atomic E-state index is 0.115. The number of alkyl halides is 3. The van der Waals surface area contributed by atoms with Gasteiger partial charge in [0.25, 0.3) is 0 Å². The summed E-state index contributed by atoms with van der Waals surface area (Å²) < 4.78 is 57.5. The molecule has 3 nitrogen and oxygen atoms in total. The molecule has 0 unspecified atom stereocenters. The molecule has 0 spiro atoms. The van der Waals surface area contributed by atoms with Gasteiger partial charge in [0, 0.05) is 17.3 Å². The fourth-order valence-electron chi connectivity index (χ4n) is 4.72. The SMILES string of the molecule is COc1cccc(OC)c1-c1cccc2c1[P@@](C(C)(C)C)[C@@H](Cc1ccc(C(F)(F)F)cc1C)O2. The van der Waals surface area contributed by atoms with Crippen molar-refractivity contribution in [3.63, 3.8) is 0 Å². The molecule has 0 saturated heterocycles. The van der Waals surface area contributed by atoms with Crippen LogP contribution in [0.1, 0.15) is 37.5 Å². The van der Waals surface area contributed by atoms with Gasteiger partial charge in [-0.15, -0.1) is 0 Å². The van der Waals surface area contributed by atoms with Crippen LogP contribution in [-0.2, 0) is 12.6 Å². The van der Waals surface area contributed by atoms with E-state index in [1.165, 1.54) is 6.07 Å². The lowest BCUT2D eigenvalue weighted by molar-refractivity contribution is -0.137. The Morgan fingerprint density at radius 2 is 1.54 bits per heavy atom. The zero-order chi connectivity index (χ0) is 25.5. The molecule has 0 aromatic heterocycles. The Hall–Kier alpha value is -2.72. The Morgan fingerprint density at radius 1 is 0.914 bits per heavy atom. The monoisotopic (exact) mass is 502 g/mol. The molecule has 0 amide bonds. The molecule has 35 heavy (non-hydrogen) atoms. The van der Waals surface area contributed by atoms with E-state index in [0.29, 0.717) is 23.5 Å². The van der Waals surface area contributed by atoms with E-state index in [1.807, 2.05) is 30.3 Å². The molecule has 0 saturated carbocycles. The van der Waals surface area contributed by atoms with Crippen LogP contribution in [0.4, 0.5) is 13.2 Å². The summed E-state index contributed by atoms with van der Waals surface area (Å²) in [6.07, 6.45) is -3.83. The number of methoxy groups -OCH3 is 2. The minimum Gasteiger partial charge on any atom is -0.496 e. The normalized spacial score (nSPS) is 17.6. The molecule has 2 atom stereocenters. The van der Waals surface area contributed by atoms with Crippen molar-refractivity contribution < 1.29 is 27.4 Å². The summed E-state index contributed by atoms with van der Waals surface area (Å²) in [5.74, 6) is 2.07. The number of aryl methyl sites for hydroxylation is 1. The first-order chi connectivity index (χ1) is 16.5. The van der Waals surface area contributed by atoms with Crippen LogP contribution < -0.4 is 19.5 Å². The second-order valence-electron chi connectivity index (χ2n) is 9.65. The zero-order valence-electron chi connectivity index (χ0n) is 20.8. The highest BCUT2D eigenvalue weighted by molar-refractivity contribution is 7.68. The Bertz CT molecular complexity index is 1210. The van der Waals surface area contributed by atoms with Gasteiger partial charge in [0.05, 0.1) is 25.3 Å². The highest BCUT2D eigenvalue weighted by Gasteiger charge is 2.44. The fourth-order valence-corrected chi connectivity index (χ4v) is 7.95. The second kappa shape index (κ2) is 9.39. The Morgan fingerprint density at radius 3 is 2.09 bits per heavy atom. The number of ether oxygens (including phenoxy) is 3. The van der Waals surface area contributed by atoms with Crippen molar-refractivity contribution in [1.82, 2.24) is 0 Å². The average Bonchev–Trinajstić information content (AvgIpc) is 3.17. The van der Waals surface area contributed by atoms with E-state index in [9.17, 15) is 13.2 Å². The van der Waals surface area contributed by atoms with E-state index in [4.69, 9.17) is 14.2 Å². The lowest BCUT2D eigenvalue weighted by Crippen LogP contribution is -2.26. The summed E-state index contributed by atoms with van der Waals surface area (Å²) in [7, 11) is 2.41. The molecule has 0 fully saturated rings. The van der Waals surface area contributed by atoms with E-state index in [0.717, 1.165) is 33.8 Å². The average molecular weight is 503 g/mol. The molecular weight excluding hydrogens is 472 g/mol. The van der Waals surface area contributed by atoms with Gasteiger partial charge in [-0.05, 0) is 61.5 Å². The van der Waals surface area contributed by atoms with Crippen molar-refractivity contribution in [2.24, 2.45) is 0 Å². The molecule has 0 N–H and O–H groups in total. The molecule has 1 aliphatic rings. The molecule has 186 valence electrons. The minimum atomic E-state index is -4.36. The summed E-state index contributed by atoms with van der Waals surface area (Å²) in [5, 5.41) is 1.02. The highest BCUT2D eigenvalue weighted by atomic mass is 31.1. The first-order valence-electron chi connectivity index (χ1n) is 11.4. The van der Waals surface area contributed by atoms with Crippen LogP contribution in [0.15, 0.2) is 54.6 Å². The molecular formula is C28H30F3O3P. The molecule has 1 heterocycles. The summed E-state index contributed by atoms with van der Waals surface area (Å²) in [6.45, 7) is 8.32. The van der Waals surface area contributed by atoms with Crippen molar-refractivity contribution in [3.8, 4) is 28.4 Å². The Balaban J connectivity index is 1.81. The molecule has 3 aromatic carbocycles. The van der Waals surface area contributed by atoms with Gasteiger partial charge in [-0.2, -0.15) is 13.2 Å². The van der Waals surface area contributed by atoms with Gasteiger partial charge in [0.15, 0.2) is 0 Å². The smallest absolute Gasteiger partial charge is 0.416 e. The predicted molar refractivity (Wildman–Crippen MR) is 136 cm³/mol. The number of benzene rings is 3. The van der Waals surface area contributed by atoms with Crippen LogP contribution in [0.2, 0.25) is 0 Å². The molecule has 1 aliphatic heterocycles. The van der Waals surface area contributed by atoms with Crippen LogP contribution in [0.5, 0.6) is 17.2 Å². The van der Waals surface area contributed by atoms with E-state index in [-0.39, 0.29) is 11.0 Å². The zero-order valence-corrected chi connectivity index (χ0v) is 21.7. The highest BCUT2D eigenvalue weighted by Crippen LogP contribution is 2.61. The van der Waals surface area contributed by atoms with Gasteiger partial charge in [0.1, 0.15) is 23.1 Å². The summed E-state index contributed by atoms with van der Waals surface area (Å²) >= 11 is 0. The first-order valence-corrected chi connectivity index (χ1v) is 12.8. The van der Waals surface area contributed by atoms with Gasteiger partial charge in [-0.25, -0.2) is 0 Å². The predicted octanol–water partition coefficient (Wildman–Crippen LogP) is 7.56. The van der Waals surface area contributed by atoms with Gasteiger partial charge < -0.3 is 14.2 Å². The Labute approximate surface area is 206 Å². The van der Waals surface area contributed by atoms with Gasteiger partial charge in [-0.1, -0.05) is 45.0 Å². The molecule has 0 bridgehead atoms. The number of hydrogen-bond donors (Lipinski definition) is 0. The third-order valence-corrected chi connectivity index (χ3v) is 9.53. The van der Waals surface area contributed by atoms with Crippen molar-refractivity contribution in [2.45, 2.75) is 51.3 Å². The van der Waals surface area contributed by atoms with Gasteiger partial charge >= 0.3 is 6.18 Å². The lowest BCUT2D eigenvalue weighted by Gasteiger charge is -2.33. The van der Waals surface area contributed by atoms with E-state index in [2.05, 4.69) is 26.8 Å². The second-order valence-corrected chi connectivity index (χ2v) is 12.8. The topological polar surface area (TPSA) is 27.7 Å². The summed E-state index contributed by atoms with van der Waals surface area (Å²) in [4.78, 5) is 0. The van der Waals surface area contributed by atoms with Crippen LogP contribution in [0, 0.1) is 6.92 Å². The number of halogens is 3. The fraction of sp³-hybridized carbons (Fsp3) is 0.357. The number of rotatable bonds is 5. The number of fused-ring (bicyclic) bond motifs is 1. The van der Waals surface area contributed by atoms with E-state index in [1.54, 1.807) is 27.2 Å². The number of hydrogen-bond acceptors (Lipinski definition) is 3. The third kappa shape index (κ3) is 4.86. The third-order valence-electron chi connectivity index (χ3n) is 6.28. The van der Waals surface area contributed by atoms with Crippen molar-refractivity contribution in [3.05, 3.63) is 71.3 Å². The standard InChI is InChI=1S/C28H30F3O3P/c1-17-15-19(28(29,30)31)14-13-18(17)16-24-34-23-12-7-9-20(26(23)35(24)27(2,3)4)25-21(32-5)10-8-11-22(25)33-6/h7-15,24H,16H2,1-6H3/t24-,35-/m0/s1. The maximum Gasteiger partial charge on any atom is 0.416 e. The van der Waals surface area contributed by atoms with Crippen molar-refractivity contribution in [2.75, 3.05) is 14.2 Å². The molecule has 4 rings (SSSR count). The molecule has 3 aromatic rings. The van der Waals surface area contributed by atoms with Gasteiger partial charge in [-0.3, -0.25) is 0 Å². The van der Waals surface area contributed by atoms with Crippen LogP contribution in [-0.4, -0.2) is 25.2 Å². The van der Waals surface area contributed by atoms with Crippen molar-refractivity contribution >= 4 is 13.2 Å². The van der Waals surface area contributed by atoms with Crippen LogP contribution >= 0.6 is 7.92 Å². The summed E-state index contributed by atoms with van der Waals surface area (Å²) in [5.41, 5.74) is 2.74. The first kappa shape index (κ1) is 25.4. The maximum absolute atomic E-state index is 13.2. The van der Waals surface area contributed by atoms with Crippen LogP contribution in [0.3, 0.4) is 0 Å². The lowest BCUT2D eigenvalue weighted by atomic mass is 10.0. The summed E-state index contributed by atoms with van der Waals surface area (Å²) in [6, 6.07) is 15.7. The van der Waals surface area contributed by atoms with Gasteiger partial charge in [0.2, 0.25) is 0 Å². The largest absolute Gasteiger partial charge is 0.496 e. The molecule has 0 aliphatic carbocycles.